The number of ether oxygens (including phenoxy) is 2. The normalized spacial score (nSPS) is 23.5. The van der Waals surface area contributed by atoms with Crippen molar-refractivity contribution in [3.63, 3.8) is 0 Å². The lowest BCUT2D eigenvalue weighted by Crippen LogP contribution is -2.38. The van der Waals surface area contributed by atoms with E-state index in [1.165, 1.54) is 6.92 Å². The first-order valence-corrected chi connectivity index (χ1v) is 13.3. The second-order valence-electron chi connectivity index (χ2n) is 10.3. The van der Waals surface area contributed by atoms with Crippen molar-refractivity contribution >= 4 is 17.4 Å². The van der Waals surface area contributed by atoms with Crippen molar-refractivity contribution in [2.45, 2.75) is 51.0 Å². The van der Waals surface area contributed by atoms with Crippen LogP contribution >= 0.6 is 0 Å². The molecule has 2 heterocycles. The molecule has 0 saturated carbocycles. The molecule has 2 aliphatic rings. The fourth-order valence-corrected chi connectivity index (χ4v) is 5.14. The van der Waals surface area contributed by atoms with E-state index in [0.29, 0.717) is 36.3 Å². The van der Waals surface area contributed by atoms with Crippen molar-refractivity contribution in [3.05, 3.63) is 101 Å². The lowest BCUT2D eigenvalue weighted by molar-refractivity contribution is -0.252. The number of aliphatic hydroxyl groups excluding tert-OH is 2. The third-order valence-corrected chi connectivity index (χ3v) is 7.27. The summed E-state index contributed by atoms with van der Waals surface area (Å²) in [5.74, 6) is -0.370. The number of nitrogens with zero attached hydrogens (tertiary/aromatic N) is 1. The molecule has 0 bridgehead atoms. The summed E-state index contributed by atoms with van der Waals surface area (Å²) in [6.45, 7) is 3.59. The molecular weight excluding hydrogens is 496 g/mol. The molecule has 2 saturated heterocycles. The highest BCUT2D eigenvalue weighted by Gasteiger charge is 2.34. The summed E-state index contributed by atoms with van der Waals surface area (Å²) >= 11 is 0. The zero-order chi connectivity index (χ0) is 27.4. The Hall–Kier alpha value is -3.40. The van der Waals surface area contributed by atoms with Gasteiger partial charge in [0, 0.05) is 48.4 Å². The van der Waals surface area contributed by atoms with Gasteiger partial charge in [0.05, 0.1) is 24.9 Å². The first-order valence-electron chi connectivity index (χ1n) is 13.3. The second-order valence-corrected chi connectivity index (χ2v) is 10.3. The molecule has 2 aliphatic heterocycles. The van der Waals surface area contributed by atoms with Gasteiger partial charge in [-0.05, 0) is 48.7 Å². The van der Waals surface area contributed by atoms with Gasteiger partial charge in [-0.25, -0.2) is 0 Å². The Labute approximate surface area is 228 Å². The smallest absolute Gasteiger partial charge is 0.255 e. The van der Waals surface area contributed by atoms with E-state index < -0.39 is 6.29 Å². The van der Waals surface area contributed by atoms with Crippen LogP contribution in [0.4, 0.5) is 5.69 Å². The van der Waals surface area contributed by atoms with Crippen molar-refractivity contribution in [1.29, 1.82) is 0 Å². The van der Waals surface area contributed by atoms with E-state index in [9.17, 15) is 19.8 Å². The molecule has 3 N–H and O–H groups in total. The number of carbonyl (C=O) groups is 2. The number of ketones is 1. The fraction of sp³-hybridized carbons (Fsp3) is 0.355. The van der Waals surface area contributed by atoms with Gasteiger partial charge in [0.25, 0.3) is 5.91 Å². The number of likely N-dealkylation sites (tertiary alicyclic amines) is 1. The predicted octanol–water partition coefficient (Wildman–Crippen LogP) is 4.25. The van der Waals surface area contributed by atoms with Gasteiger partial charge in [0.2, 0.25) is 0 Å². The Kier molecular flexibility index (Phi) is 8.50. The first-order chi connectivity index (χ1) is 18.9. The molecule has 3 aromatic rings. The third kappa shape index (κ3) is 6.79. The Morgan fingerprint density at radius 2 is 1.74 bits per heavy atom. The van der Waals surface area contributed by atoms with Crippen LogP contribution in [0, 0.1) is 0 Å². The van der Waals surface area contributed by atoms with Crippen LogP contribution in [0.15, 0.2) is 72.8 Å². The molecule has 5 rings (SSSR count). The third-order valence-electron chi connectivity index (χ3n) is 7.27. The van der Waals surface area contributed by atoms with Gasteiger partial charge in [-0.15, -0.1) is 0 Å². The number of anilines is 1. The first kappa shape index (κ1) is 27.2. The van der Waals surface area contributed by atoms with Crippen LogP contribution in [0.1, 0.15) is 69.6 Å². The number of aliphatic hydroxyl groups is 2. The van der Waals surface area contributed by atoms with E-state index in [1.54, 1.807) is 42.5 Å². The molecule has 2 fully saturated rings. The number of hydrogen-bond acceptors (Lipinski definition) is 7. The van der Waals surface area contributed by atoms with Gasteiger partial charge in [-0.2, -0.15) is 0 Å². The maximum Gasteiger partial charge on any atom is 0.255 e. The molecule has 3 aromatic carbocycles. The molecule has 4 atom stereocenters. The summed E-state index contributed by atoms with van der Waals surface area (Å²) in [7, 11) is 0. The van der Waals surface area contributed by atoms with E-state index in [4.69, 9.17) is 9.47 Å². The number of Topliss-reactive ketones (excluding diaryl/α,β-unsaturated/α-hetero) is 1. The molecule has 39 heavy (non-hydrogen) atoms. The lowest BCUT2D eigenvalue weighted by atomic mass is 9.99. The number of rotatable bonds is 8. The molecule has 0 aliphatic carbocycles. The van der Waals surface area contributed by atoms with Gasteiger partial charge < -0.3 is 25.0 Å². The largest absolute Gasteiger partial charge is 0.392 e. The number of amides is 1. The second kappa shape index (κ2) is 12.2. The quantitative estimate of drug-likeness (QED) is 0.374. The maximum absolute atomic E-state index is 13.1. The van der Waals surface area contributed by atoms with Crippen molar-refractivity contribution in [2.24, 2.45) is 0 Å². The minimum Gasteiger partial charge on any atom is -0.392 e. The van der Waals surface area contributed by atoms with Gasteiger partial charge in [-0.1, -0.05) is 48.5 Å². The monoisotopic (exact) mass is 530 g/mol. The van der Waals surface area contributed by atoms with E-state index in [2.05, 4.69) is 10.2 Å². The number of β-amino-alcohol motifs (C(OH)–C–C–N with tert-alkyl or cyclic N) is 1. The van der Waals surface area contributed by atoms with Crippen LogP contribution < -0.4 is 5.32 Å². The highest BCUT2D eigenvalue weighted by Crippen LogP contribution is 2.38. The molecule has 204 valence electrons. The molecule has 1 amide bonds. The molecule has 0 radical (unpaired) electrons. The molecule has 8 nitrogen and oxygen atoms in total. The summed E-state index contributed by atoms with van der Waals surface area (Å²) in [5, 5.41) is 22.3. The van der Waals surface area contributed by atoms with Crippen LogP contribution in [-0.2, 0) is 16.1 Å². The zero-order valence-electron chi connectivity index (χ0n) is 22.0. The van der Waals surface area contributed by atoms with E-state index >= 15 is 0 Å². The SMILES string of the molecule is CC(=O)c1cccc(NC(=O)c2cccc(C3O[C@H](CN4CC[C@@H](O)C4)C[C@H](c4ccc(CO)cc4)O3)c2)c1. The topological polar surface area (TPSA) is 108 Å². The molecule has 0 aromatic heterocycles. The average molecular weight is 531 g/mol. The lowest BCUT2D eigenvalue weighted by Gasteiger charge is -2.38. The van der Waals surface area contributed by atoms with Crippen LogP contribution in [0.5, 0.6) is 0 Å². The number of hydrogen-bond donors (Lipinski definition) is 3. The summed E-state index contributed by atoms with van der Waals surface area (Å²) < 4.78 is 12.8. The van der Waals surface area contributed by atoms with E-state index in [1.807, 2.05) is 30.3 Å². The predicted molar refractivity (Wildman–Crippen MR) is 146 cm³/mol. The summed E-state index contributed by atoms with van der Waals surface area (Å²) in [6.07, 6.45) is 0.0324. The Morgan fingerprint density at radius 1 is 0.974 bits per heavy atom. The summed E-state index contributed by atoms with van der Waals surface area (Å²) in [5.41, 5.74) is 4.07. The summed E-state index contributed by atoms with van der Waals surface area (Å²) in [4.78, 5) is 27.0. The highest BCUT2D eigenvalue weighted by molar-refractivity contribution is 6.05. The van der Waals surface area contributed by atoms with Crippen molar-refractivity contribution in [3.8, 4) is 0 Å². The Morgan fingerprint density at radius 3 is 2.46 bits per heavy atom. The minimum atomic E-state index is -0.687. The minimum absolute atomic E-state index is 0.0225. The van der Waals surface area contributed by atoms with Crippen molar-refractivity contribution in [2.75, 3.05) is 25.0 Å². The van der Waals surface area contributed by atoms with Crippen LogP contribution in [0.3, 0.4) is 0 Å². The number of benzene rings is 3. The zero-order valence-corrected chi connectivity index (χ0v) is 22.0. The van der Waals surface area contributed by atoms with E-state index in [0.717, 1.165) is 29.7 Å². The standard InChI is InChI=1S/C31H34N2O6/c1-20(35)23-4-3-7-26(15-23)32-30(37)24-5-2-6-25(14-24)31-38-28(18-33-13-12-27(36)17-33)16-29(39-31)22-10-8-21(19-34)9-11-22/h2-11,14-15,27-29,31,34,36H,12-13,16-19H2,1H3,(H,32,37)/t27-,28+,29-,31?/m1/s1. The number of carbonyl (C=O) groups excluding carboxylic acids is 2. The molecule has 1 unspecified atom stereocenters. The Bertz CT molecular complexity index is 1310. The Balaban J connectivity index is 1.35. The van der Waals surface area contributed by atoms with Gasteiger partial charge >= 0.3 is 0 Å². The van der Waals surface area contributed by atoms with Crippen molar-refractivity contribution < 1.29 is 29.3 Å². The van der Waals surface area contributed by atoms with Gasteiger partial charge in [-0.3, -0.25) is 14.5 Å². The van der Waals surface area contributed by atoms with Crippen LogP contribution in [0.2, 0.25) is 0 Å². The average Bonchev–Trinajstić information content (AvgIpc) is 3.37. The van der Waals surface area contributed by atoms with Crippen molar-refractivity contribution in [1.82, 2.24) is 4.90 Å². The van der Waals surface area contributed by atoms with Crippen LogP contribution in [0.25, 0.3) is 0 Å². The maximum atomic E-state index is 13.1. The number of nitrogens with one attached hydrogen (secondary N) is 1. The van der Waals surface area contributed by atoms with E-state index in [-0.39, 0.29) is 36.6 Å². The van der Waals surface area contributed by atoms with Gasteiger partial charge in [0.15, 0.2) is 12.1 Å². The highest BCUT2D eigenvalue weighted by atomic mass is 16.7. The van der Waals surface area contributed by atoms with Gasteiger partial charge in [0.1, 0.15) is 0 Å². The van der Waals surface area contributed by atoms with Crippen LogP contribution in [-0.4, -0.2) is 58.6 Å². The summed E-state index contributed by atoms with van der Waals surface area (Å²) in [6, 6.07) is 21.7. The fourth-order valence-electron chi connectivity index (χ4n) is 5.14. The molecular formula is C31H34N2O6. The molecule has 0 spiro atoms. The molecule has 8 heteroatoms.